The number of rotatable bonds is 5. The highest BCUT2D eigenvalue weighted by atomic mass is 35.5. The molecular formula is C14H23Cl2N3O2. The lowest BCUT2D eigenvalue weighted by Gasteiger charge is -2.38. The fraction of sp³-hybridized carbons (Fsp3) is 0.571. The van der Waals surface area contributed by atoms with E-state index in [-0.39, 0.29) is 30.9 Å². The largest absolute Gasteiger partial charge is 0.480 e. The van der Waals surface area contributed by atoms with Crippen molar-refractivity contribution in [3.63, 3.8) is 0 Å². The first-order chi connectivity index (χ1) is 9.22. The molecule has 7 heteroatoms. The van der Waals surface area contributed by atoms with Crippen molar-refractivity contribution in [3.8, 4) is 0 Å². The summed E-state index contributed by atoms with van der Waals surface area (Å²) in [5.41, 5.74) is 1.16. The highest BCUT2D eigenvalue weighted by Crippen LogP contribution is 2.17. The zero-order valence-corrected chi connectivity index (χ0v) is 13.8. The SMILES string of the molecule is CCCC(C(=O)O)N1CCN(c2ccncc2)CC1.Cl.Cl. The lowest BCUT2D eigenvalue weighted by molar-refractivity contribution is -0.143. The molecule has 1 aromatic heterocycles. The molecule has 1 aliphatic rings. The van der Waals surface area contributed by atoms with Crippen LogP contribution in [0.3, 0.4) is 0 Å². The Morgan fingerprint density at radius 1 is 1.24 bits per heavy atom. The van der Waals surface area contributed by atoms with Gasteiger partial charge in [-0.1, -0.05) is 13.3 Å². The molecule has 1 aliphatic heterocycles. The highest BCUT2D eigenvalue weighted by Gasteiger charge is 2.27. The van der Waals surface area contributed by atoms with Gasteiger partial charge in [0.25, 0.3) is 0 Å². The summed E-state index contributed by atoms with van der Waals surface area (Å²) in [6.07, 6.45) is 5.21. The molecule has 0 aliphatic carbocycles. The lowest BCUT2D eigenvalue weighted by Crippen LogP contribution is -2.52. The summed E-state index contributed by atoms with van der Waals surface area (Å²) in [6.45, 7) is 5.39. The Morgan fingerprint density at radius 3 is 2.29 bits per heavy atom. The number of hydrogen-bond donors (Lipinski definition) is 1. The molecule has 0 aromatic carbocycles. The van der Waals surface area contributed by atoms with Crippen molar-refractivity contribution < 1.29 is 9.90 Å². The average molecular weight is 336 g/mol. The Hall–Kier alpha value is -1.04. The van der Waals surface area contributed by atoms with Gasteiger partial charge in [-0.25, -0.2) is 0 Å². The van der Waals surface area contributed by atoms with Gasteiger partial charge >= 0.3 is 5.97 Å². The average Bonchev–Trinajstić information content (AvgIpc) is 2.46. The number of carboxylic acids is 1. The van der Waals surface area contributed by atoms with E-state index in [1.807, 2.05) is 19.1 Å². The number of pyridine rings is 1. The van der Waals surface area contributed by atoms with Crippen LogP contribution in [0.5, 0.6) is 0 Å². The van der Waals surface area contributed by atoms with Crippen LogP contribution >= 0.6 is 24.8 Å². The van der Waals surface area contributed by atoms with Crippen LogP contribution in [0.25, 0.3) is 0 Å². The molecule has 1 saturated heterocycles. The standard InChI is InChI=1S/C14H21N3O2.2ClH/c1-2-3-13(14(18)19)17-10-8-16(9-11-17)12-4-6-15-7-5-12;;/h4-7,13H,2-3,8-11H2,1H3,(H,18,19);2*1H. The number of anilines is 1. The van der Waals surface area contributed by atoms with Crippen molar-refractivity contribution >= 4 is 36.5 Å². The quantitative estimate of drug-likeness (QED) is 0.894. The molecule has 2 rings (SSSR count). The Morgan fingerprint density at radius 2 is 1.81 bits per heavy atom. The summed E-state index contributed by atoms with van der Waals surface area (Å²) < 4.78 is 0. The molecule has 0 bridgehead atoms. The molecule has 21 heavy (non-hydrogen) atoms. The minimum Gasteiger partial charge on any atom is -0.480 e. The van der Waals surface area contributed by atoms with Crippen LogP contribution in [0.2, 0.25) is 0 Å². The van der Waals surface area contributed by atoms with E-state index < -0.39 is 5.97 Å². The second-order valence-corrected chi connectivity index (χ2v) is 4.87. The van der Waals surface area contributed by atoms with Gasteiger partial charge in [0, 0.05) is 44.3 Å². The van der Waals surface area contributed by atoms with Gasteiger partial charge in [0.1, 0.15) is 6.04 Å². The Balaban J connectivity index is 0.00000200. The number of piperazine rings is 1. The summed E-state index contributed by atoms with van der Waals surface area (Å²) in [7, 11) is 0. The van der Waals surface area contributed by atoms with Crippen molar-refractivity contribution in [3.05, 3.63) is 24.5 Å². The fourth-order valence-electron chi connectivity index (χ4n) is 2.58. The summed E-state index contributed by atoms with van der Waals surface area (Å²) in [6, 6.07) is 3.66. The van der Waals surface area contributed by atoms with Crippen LogP contribution in [-0.2, 0) is 4.79 Å². The smallest absolute Gasteiger partial charge is 0.320 e. The van der Waals surface area contributed by atoms with E-state index in [9.17, 15) is 9.90 Å². The third kappa shape index (κ3) is 5.34. The van der Waals surface area contributed by atoms with Crippen LogP contribution in [0.4, 0.5) is 5.69 Å². The Labute approximate surface area is 138 Å². The van der Waals surface area contributed by atoms with Crippen LogP contribution in [-0.4, -0.2) is 53.2 Å². The molecule has 120 valence electrons. The maximum atomic E-state index is 11.3. The fourth-order valence-corrected chi connectivity index (χ4v) is 2.58. The maximum absolute atomic E-state index is 11.3. The van der Waals surface area contributed by atoms with Gasteiger partial charge in [-0.3, -0.25) is 14.7 Å². The molecule has 0 saturated carbocycles. The molecule has 1 N–H and O–H groups in total. The van der Waals surface area contributed by atoms with Crippen molar-refractivity contribution in [1.82, 2.24) is 9.88 Å². The zero-order chi connectivity index (χ0) is 13.7. The molecule has 5 nitrogen and oxygen atoms in total. The van der Waals surface area contributed by atoms with Gasteiger partial charge in [0.2, 0.25) is 0 Å². The first-order valence-electron chi connectivity index (χ1n) is 6.84. The van der Waals surface area contributed by atoms with Gasteiger partial charge in [-0.05, 0) is 18.6 Å². The molecule has 0 radical (unpaired) electrons. The molecule has 1 atom stereocenters. The molecule has 0 spiro atoms. The number of carbonyl (C=O) groups is 1. The van der Waals surface area contributed by atoms with E-state index in [0.717, 1.165) is 44.7 Å². The van der Waals surface area contributed by atoms with Gasteiger partial charge in [0.15, 0.2) is 0 Å². The maximum Gasteiger partial charge on any atom is 0.320 e. The second-order valence-electron chi connectivity index (χ2n) is 4.87. The zero-order valence-electron chi connectivity index (χ0n) is 12.1. The van der Waals surface area contributed by atoms with Gasteiger partial charge in [-0.2, -0.15) is 0 Å². The van der Waals surface area contributed by atoms with Gasteiger partial charge < -0.3 is 10.0 Å². The number of aliphatic carboxylic acids is 1. The monoisotopic (exact) mass is 335 g/mol. The summed E-state index contributed by atoms with van der Waals surface area (Å²) in [4.78, 5) is 19.7. The van der Waals surface area contributed by atoms with E-state index in [1.165, 1.54) is 0 Å². The minimum absolute atomic E-state index is 0. The summed E-state index contributed by atoms with van der Waals surface area (Å²) in [5.74, 6) is -0.695. The highest BCUT2D eigenvalue weighted by molar-refractivity contribution is 5.85. The van der Waals surface area contributed by atoms with Crippen LogP contribution < -0.4 is 4.90 Å². The Kier molecular flexibility index (Phi) is 9.33. The molecule has 2 heterocycles. The van der Waals surface area contributed by atoms with Crippen LogP contribution in [0.1, 0.15) is 19.8 Å². The Bertz CT molecular complexity index is 412. The normalized spacial score (nSPS) is 16.5. The predicted molar refractivity (Wildman–Crippen MR) is 88.9 cm³/mol. The number of hydrogen-bond acceptors (Lipinski definition) is 4. The second kappa shape index (κ2) is 9.82. The topological polar surface area (TPSA) is 56.7 Å². The van der Waals surface area contributed by atoms with E-state index in [4.69, 9.17) is 0 Å². The van der Waals surface area contributed by atoms with E-state index in [2.05, 4.69) is 14.8 Å². The van der Waals surface area contributed by atoms with E-state index in [1.54, 1.807) is 12.4 Å². The van der Waals surface area contributed by atoms with E-state index in [0.29, 0.717) is 0 Å². The number of carboxylic acid groups (broad SMARTS) is 1. The molecule has 0 amide bonds. The van der Waals surface area contributed by atoms with E-state index >= 15 is 0 Å². The number of aromatic nitrogens is 1. The van der Waals surface area contributed by atoms with Crippen LogP contribution in [0, 0.1) is 0 Å². The molecular weight excluding hydrogens is 313 g/mol. The minimum atomic E-state index is -0.695. The van der Waals surface area contributed by atoms with Crippen LogP contribution in [0.15, 0.2) is 24.5 Å². The third-order valence-corrected chi connectivity index (χ3v) is 3.63. The summed E-state index contributed by atoms with van der Waals surface area (Å²) >= 11 is 0. The lowest BCUT2D eigenvalue weighted by atomic mass is 10.1. The van der Waals surface area contributed by atoms with Crippen molar-refractivity contribution in [2.75, 3.05) is 31.1 Å². The van der Waals surface area contributed by atoms with Crippen molar-refractivity contribution in [1.29, 1.82) is 0 Å². The first kappa shape index (κ1) is 20.0. The van der Waals surface area contributed by atoms with Crippen molar-refractivity contribution in [2.45, 2.75) is 25.8 Å². The third-order valence-electron chi connectivity index (χ3n) is 3.63. The predicted octanol–water partition coefficient (Wildman–Crippen LogP) is 2.30. The first-order valence-corrected chi connectivity index (χ1v) is 6.84. The number of nitrogens with zero attached hydrogens (tertiary/aromatic N) is 3. The van der Waals surface area contributed by atoms with Crippen molar-refractivity contribution in [2.24, 2.45) is 0 Å². The van der Waals surface area contributed by atoms with Gasteiger partial charge in [-0.15, -0.1) is 24.8 Å². The summed E-state index contributed by atoms with van der Waals surface area (Å²) in [5, 5.41) is 9.28. The number of halogens is 2. The molecule has 1 unspecified atom stereocenters. The van der Waals surface area contributed by atoms with Gasteiger partial charge in [0.05, 0.1) is 0 Å². The molecule has 1 fully saturated rings. The molecule has 1 aromatic rings.